The van der Waals surface area contributed by atoms with Crippen molar-refractivity contribution in [2.75, 3.05) is 13.6 Å². The third-order valence-electron chi connectivity index (χ3n) is 3.02. The molecule has 2 N–H and O–H groups in total. The molecule has 0 saturated carbocycles. The summed E-state index contributed by atoms with van der Waals surface area (Å²) >= 11 is 0. The van der Waals surface area contributed by atoms with Crippen molar-refractivity contribution in [3.8, 4) is 0 Å². The van der Waals surface area contributed by atoms with Crippen LogP contribution in [0.2, 0.25) is 0 Å². The zero-order valence-corrected chi connectivity index (χ0v) is 8.47. The second-order valence-corrected chi connectivity index (χ2v) is 3.94. The van der Waals surface area contributed by atoms with Crippen LogP contribution < -0.4 is 5.73 Å². The van der Waals surface area contributed by atoms with Crippen LogP contribution in [0.1, 0.15) is 12.8 Å². The molecule has 2 fully saturated rings. The van der Waals surface area contributed by atoms with Crippen LogP contribution in [0.5, 0.6) is 0 Å². The molecule has 0 spiro atoms. The van der Waals surface area contributed by atoms with Crippen molar-refractivity contribution in [2.45, 2.75) is 24.9 Å². The van der Waals surface area contributed by atoms with Crippen LogP contribution >= 0.6 is 0 Å². The van der Waals surface area contributed by atoms with E-state index in [9.17, 15) is 14.4 Å². The number of hydrogen-bond acceptors (Lipinski definition) is 4. The van der Waals surface area contributed by atoms with Gasteiger partial charge in [-0.25, -0.2) is 0 Å². The topological polar surface area (TPSA) is 83.7 Å². The van der Waals surface area contributed by atoms with Gasteiger partial charge in [-0.1, -0.05) is 0 Å². The predicted octanol–water partition coefficient (Wildman–Crippen LogP) is -1.70. The lowest BCUT2D eigenvalue weighted by molar-refractivity contribution is -0.141. The molecule has 2 saturated heterocycles. The summed E-state index contributed by atoms with van der Waals surface area (Å²) in [5.74, 6) is -0.767. The fourth-order valence-corrected chi connectivity index (χ4v) is 2.01. The second kappa shape index (κ2) is 3.30. The summed E-state index contributed by atoms with van der Waals surface area (Å²) in [7, 11) is 1.44. The van der Waals surface area contributed by atoms with Crippen LogP contribution in [-0.2, 0) is 14.4 Å². The fraction of sp³-hybridized carbons (Fsp3) is 0.667. The van der Waals surface area contributed by atoms with Crippen LogP contribution in [0.15, 0.2) is 0 Å². The van der Waals surface area contributed by atoms with Crippen molar-refractivity contribution in [1.82, 2.24) is 9.80 Å². The van der Waals surface area contributed by atoms with Gasteiger partial charge in [0.05, 0.1) is 12.5 Å². The first-order valence-corrected chi connectivity index (χ1v) is 4.89. The molecule has 2 aliphatic heterocycles. The molecule has 0 bridgehead atoms. The largest absolute Gasteiger partial charge is 0.329 e. The Bertz CT molecular complexity index is 341. The number of likely N-dealkylation sites (tertiary alicyclic amines) is 2. The SMILES string of the molecule is CN1C(=O)CC(N2CCC(N)C2=O)C1=O. The van der Waals surface area contributed by atoms with E-state index in [-0.39, 0.29) is 24.1 Å². The maximum Gasteiger partial charge on any atom is 0.252 e. The molecule has 0 radical (unpaired) electrons. The zero-order chi connectivity index (χ0) is 11.2. The fourth-order valence-electron chi connectivity index (χ4n) is 2.01. The molecule has 3 amide bonds. The summed E-state index contributed by atoms with van der Waals surface area (Å²) in [5.41, 5.74) is 5.55. The number of hydrogen-bond donors (Lipinski definition) is 1. The molecule has 2 heterocycles. The van der Waals surface area contributed by atoms with Gasteiger partial charge in [0.1, 0.15) is 6.04 Å². The highest BCUT2D eigenvalue weighted by atomic mass is 16.2. The van der Waals surface area contributed by atoms with Gasteiger partial charge in [0.25, 0.3) is 5.91 Å². The van der Waals surface area contributed by atoms with E-state index in [0.717, 1.165) is 4.90 Å². The van der Waals surface area contributed by atoms with Crippen molar-refractivity contribution < 1.29 is 14.4 Å². The maximum atomic E-state index is 11.6. The van der Waals surface area contributed by atoms with Crippen LogP contribution in [0.3, 0.4) is 0 Å². The molecule has 6 nitrogen and oxygen atoms in total. The molecule has 2 atom stereocenters. The Morgan fingerprint density at radius 3 is 2.33 bits per heavy atom. The number of amides is 3. The van der Waals surface area contributed by atoms with E-state index in [0.29, 0.717) is 13.0 Å². The Morgan fingerprint density at radius 2 is 1.93 bits per heavy atom. The summed E-state index contributed by atoms with van der Waals surface area (Å²) in [6.45, 7) is 0.470. The third-order valence-corrected chi connectivity index (χ3v) is 3.02. The van der Waals surface area contributed by atoms with Gasteiger partial charge < -0.3 is 10.6 Å². The van der Waals surface area contributed by atoms with Crippen molar-refractivity contribution in [3.63, 3.8) is 0 Å². The lowest BCUT2D eigenvalue weighted by Crippen LogP contribution is -2.44. The van der Waals surface area contributed by atoms with E-state index in [2.05, 4.69) is 0 Å². The van der Waals surface area contributed by atoms with Crippen LogP contribution in [0.4, 0.5) is 0 Å². The van der Waals surface area contributed by atoms with E-state index < -0.39 is 12.1 Å². The van der Waals surface area contributed by atoms with Gasteiger partial charge in [0.2, 0.25) is 11.8 Å². The number of rotatable bonds is 1. The highest BCUT2D eigenvalue weighted by Gasteiger charge is 2.44. The van der Waals surface area contributed by atoms with E-state index >= 15 is 0 Å². The molecular formula is C9H13N3O3. The normalized spacial score (nSPS) is 32.0. The minimum atomic E-state index is -0.622. The number of carbonyl (C=O) groups excluding carboxylic acids is 3. The van der Waals surface area contributed by atoms with Crippen LogP contribution in [0, 0.1) is 0 Å². The van der Waals surface area contributed by atoms with Crippen molar-refractivity contribution in [2.24, 2.45) is 5.73 Å². The second-order valence-electron chi connectivity index (χ2n) is 3.94. The first-order valence-electron chi connectivity index (χ1n) is 4.89. The zero-order valence-electron chi connectivity index (χ0n) is 8.47. The molecule has 2 unspecified atom stereocenters. The molecule has 0 aromatic rings. The number of nitrogens with zero attached hydrogens (tertiary/aromatic N) is 2. The Balaban J connectivity index is 2.16. The van der Waals surface area contributed by atoms with Crippen LogP contribution in [-0.4, -0.2) is 53.2 Å². The van der Waals surface area contributed by atoms with Gasteiger partial charge in [0.15, 0.2) is 0 Å². The first-order chi connectivity index (χ1) is 7.02. The Morgan fingerprint density at radius 1 is 1.27 bits per heavy atom. The summed E-state index contributed by atoms with van der Waals surface area (Å²) < 4.78 is 0. The van der Waals surface area contributed by atoms with Crippen molar-refractivity contribution in [1.29, 1.82) is 0 Å². The van der Waals surface area contributed by atoms with Crippen molar-refractivity contribution >= 4 is 17.7 Å². The number of imide groups is 1. The summed E-state index contributed by atoms with van der Waals surface area (Å²) in [4.78, 5) is 37.0. The number of likely N-dealkylation sites (N-methyl/N-ethyl adjacent to an activating group) is 1. The standard InChI is InChI=1S/C9H13N3O3/c1-11-7(13)4-6(9(11)15)12-3-2-5(10)8(12)14/h5-6H,2-4,10H2,1H3. The number of carbonyl (C=O) groups is 3. The molecule has 6 heteroatoms. The Kier molecular flexibility index (Phi) is 2.22. The monoisotopic (exact) mass is 211 g/mol. The van der Waals surface area contributed by atoms with Gasteiger partial charge in [-0.3, -0.25) is 19.3 Å². The van der Waals surface area contributed by atoms with Gasteiger partial charge in [-0.05, 0) is 6.42 Å². The molecule has 0 aromatic carbocycles. The molecule has 15 heavy (non-hydrogen) atoms. The Hall–Kier alpha value is -1.43. The third kappa shape index (κ3) is 1.41. The molecular weight excluding hydrogens is 198 g/mol. The predicted molar refractivity (Wildman–Crippen MR) is 50.5 cm³/mol. The maximum absolute atomic E-state index is 11.6. The smallest absolute Gasteiger partial charge is 0.252 e. The quantitative estimate of drug-likeness (QED) is 0.524. The minimum Gasteiger partial charge on any atom is -0.329 e. The highest BCUT2D eigenvalue weighted by Crippen LogP contribution is 2.22. The first kappa shape index (κ1) is 10.1. The van der Waals surface area contributed by atoms with Gasteiger partial charge in [-0.2, -0.15) is 0 Å². The van der Waals surface area contributed by atoms with E-state index in [4.69, 9.17) is 5.73 Å². The molecule has 0 aromatic heterocycles. The molecule has 0 aliphatic carbocycles. The minimum absolute atomic E-state index is 0.0911. The van der Waals surface area contributed by atoms with E-state index in [1.54, 1.807) is 0 Å². The average Bonchev–Trinajstić information content (AvgIpc) is 2.64. The lowest BCUT2D eigenvalue weighted by atomic mass is 10.2. The molecule has 82 valence electrons. The summed E-state index contributed by atoms with van der Waals surface area (Å²) in [6, 6.07) is -1.14. The summed E-state index contributed by atoms with van der Waals surface area (Å²) in [5, 5.41) is 0. The molecule has 2 aliphatic rings. The Labute approximate surface area is 87.0 Å². The van der Waals surface area contributed by atoms with E-state index in [1.807, 2.05) is 0 Å². The highest BCUT2D eigenvalue weighted by molar-refractivity contribution is 6.07. The van der Waals surface area contributed by atoms with Gasteiger partial charge in [0, 0.05) is 13.6 Å². The molecule has 2 rings (SSSR count). The van der Waals surface area contributed by atoms with Crippen molar-refractivity contribution in [3.05, 3.63) is 0 Å². The average molecular weight is 211 g/mol. The van der Waals surface area contributed by atoms with Gasteiger partial charge >= 0.3 is 0 Å². The van der Waals surface area contributed by atoms with Gasteiger partial charge in [-0.15, -0.1) is 0 Å². The lowest BCUT2D eigenvalue weighted by Gasteiger charge is -2.21. The number of nitrogens with two attached hydrogens (primary N) is 1. The van der Waals surface area contributed by atoms with E-state index in [1.165, 1.54) is 11.9 Å². The summed E-state index contributed by atoms with van der Waals surface area (Å²) in [6.07, 6.45) is 0.647. The van der Waals surface area contributed by atoms with Crippen LogP contribution in [0.25, 0.3) is 0 Å².